The van der Waals surface area contributed by atoms with Crippen molar-refractivity contribution in [2.75, 3.05) is 16.8 Å². The van der Waals surface area contributed by atoms with E-state index in [1.807, 2.05) is 30.3 Å². The molecule has 0 radical (unpaired) electrons. The smallest absolute Gasteiger partial charge is 0.249 e. The van der Waals surface area contributed by atoms with E-state index >= 15 is 0 Å². The fraction of sp³-hybridized carbons (Fsp3) is 0.143. The van der Waals surface area contributed by atoms with Crippen molar-refractivity contribution >= 4 is 23.1 Å². The first-order chi connectivity index (χ1) is 14.2. The van der Waals surface area contributed by atoms with Gasteiger partial charge >= 0.3 is 0 Å². The molecule has 0 spiro atoms. The summed E-state index contributed by atoms with van der Waals surface area (Å²) in [5, 5.41) is 15.8. The zero-order valence-electron chi connectivity index (χ0n) is 15.4. The van der Waals surface area contributed by atoms with Crippen LogP contribution in [0.5, 0.6) is 0 Å². The van der Waals surface area contributed by atoms with Crippen LogP contribution in [0.2, 0.25) is 0 Å². The number of hydrogen-bond donors (Lipinski definition) is 1. The molecule has 0 saturated carbocycles. The van der Waals surface area contributed by atoms with E-state index in [-0.39, 0.29) is 11.9 Å². The van der Waals surface area contributed by atoms with Gasteiger partial charge in [0.05, 0.1) is 5.56 Å². The number of nitrogens with zero attached hydrogens (tertiary/aromatic N) is 5. The van der Waals surface area contributed by atoms with E-state index in [0.717, 1.165) is 5.69 Å². The quantitative estimate of drug-likeness (QED) is 0.581. The van der Waals surface area contributed by atoms with E-state index in [1.54, 1.807) is 35.2 Å². The van der Waals surface area contributed by atoms with Crippen LogP contribution in [0.3, 0.4) is 0 Å². The zero-order chi connectivity index (χ0) is 19.8. The number of anilines is 2. The predicted octanol–water partition coefficient (Wildman–Crippen LogP) is 3.15. The van der Waals surface area contributed by atoms with Crippen LogP contribution in [-0.2, 0) is 4.79 Å². The molecule has 8 heteroatoms. The van der Waals surface area contributed by atoms with Gasteiger partial charge in [0.25, 0.3) is 0 Å². The minimum absolute atomic E-state index is 0.00354. The molecule has 1 saturated heterocycles. The number of aromatic nitrogens is 4. The number of benzene rings is 2. The summed E-state index contributed by atoms with van der Waals surface area (Å²) in [6.45, 7) is 0.635. The summed E-state index contributed by atoms with van der Waals surface area (Å²) in [5.41, 5.74) is 1.69. The van der Waals surface area contributed by atoms with Crippen LogP contribution in [0.25, 0.3) is 17.0 Å². The lowest BCUT2D eigenvalue weighted by Gasteiger charge is -2.17. The van der Waals surface area contributed by atoms with Crippen LogP contribution >= 0.6 is 0 Å². The van der Waals surface area contributed by atoms with Gasteiger partial charge in [-0.2, -0.15) is 4.52 Å². The van der Waals surface area contributed by atoms with Crippen LogP contribution in [0.4, 0.5) is 15.9 Å². The van der Waals surface area contributed by atoms with Crippen molar-refractivity contribution in [2.24, 2.45) is 0 Å². The Morgan fingerprint density at radius 3 is 2.59 bits per heavy atom. The van der Waals surface area contributed by atoms with Crippen LogP contribution in [-0.4, -0.2) is 38.3 Å². The van der Waals surface area contributed by atoms with E-state index < -0.39 is 5.82 Å². The van der Waals surface area contributed by atoms with Crippen LogP contribution in [0.1, 0.15) is 6.42 Å². The first kappa shape index (κ1) is 17.3. The van der Waals surface area contributed by atoms with E-state index in [0.29, 0.717) is 35.8 Å². The molecule has 1 aliphatic heterocycles. The lowest BCUT2D eigenvalue weighted by molar-refractivity contribution is -0.117. The predicted molar refractivity (Wildman–Crippen MR) is 107 cm³/mol. The third-order valence-corrected chi connectivity index (χ3v) is 4.97. The van der Waals surface area contributed by atoms with Crippen LogP contribution in [0, 0.1) is 5.82 Å². The van der Waals surface area contributed by atoms with Crippen LogP contribution < -0.4 is 10.2 Å². The van der Waals surface area contributed by atoms with Gasteiger partial charge in [0.1, 0.15) is 17.7 Å². The molecule has 144 valence electrons. The Balaban J connectivity index is 1.42. The largest absolute Gasteiger partial charge is 0.357 e. The minimum Gasteiger partial charge on any atom is -0.357 e. The summed E-state index contributed by atoms with van der Waals surface area (Å²) in [7, 11) is 0. The van der Waals surface area contributed by atoms with Gasteiger partial charge in [0, 0.05) is 12.2 Å². The van der Waals surface area contributed by atoms with E-state index in [1.165, 1.54) is 10.6 Å². The van der Waals surface area contributed by atoms with Crippen molar-refractivity contribution in [3.8, 4) is 11.4 Å². The van der Waals surface area contributed by atoms with Crippen LogP contribution in [0.15, 0.2) is 66.7 Å². The standard InChI is InChI=1S/C21H17FN6O/c22-16-9-5-4-8-15(16)20-25-24-19-11-10-18(26-28(19)20)23-17-12-13-27(21(17)29)14-6-2-1-3-7-14/h1-11,17H,12-13H2,(H,23,26). The number of hydrogen-bond acceptors (Lipinski definition) is 5. The molecule has 3 heterocycles. The summed E-state index contributed by atoms with van der Waals surface area (Å²) in [5.74, 6) is 0.413. The summed E-state index contributed by atoms with van der Waals surface area (Å²) >= 11 is 0. The molecule has 5 rings (SSSR count). The van der Waals surface area contributed by atoms with Gasteiger partial charge in [0.15, 0.2) is 11.5 Å². The minimum atomic E-state index is -0.397. The first-order valence-electron chi connectivity index (χ1n) is 9.31. The number of nitrogens with one attached hydrogen (secondary N) is 1. The van der Waals surface area contributed by atoms with Crippen molar-refractivity contribution < 1.29 is 9.18 Å². The molecular weight excluding hydrogens is 371 g/mol. The van der Waals surface area contributed by atoms with Gasteiger partial charge in [-0.1, -0.05) is 30.3 Å². The second-order valence-electron chi connectivity index (χ2n) is 6.80. The monoisotopic (exact) mass is 388 g/mol. The van der Waals surface area contributed by atoms with Gasteiger partial charge < -0.3 is 10.2 Å². The van der Waals surface area contributed by atoms with Gasteiger partial charge in [-0.25, -0.2) is 4.39 Å². The number of halogens is 1. The first-order valence-corrected chi connectivity index (χ1v) is 9.31. The molecule has 1 amide bonds. The average Bonchev–Trinajstić information content (AvgIpc) is 3.33. The number of carbonyl (C=O) groups is 1. The third-order valence-electron chi connectivity index (χ3n) is 4.97. The van der Waals surface area contributed by atoms with Crippen molar-refractivity contribution in [1.29, 1.82) is 0 Å². The lowest BCUT2D eigenvalue weighted by atomic mass is 10.2. The van der Waals surface area contributed by atoms with Crippen molar-refractivity contribution in [3.63, 3.8) is 0 Å². The molecule has 1 aliphatic rings. The number of carbonyl (C=O) groups excluding carboxylic acids is 1. The van der Waals surface area contributed by atoms with Crippen molar-refractivity contribution in [3.05, 3.63) is 72.5 Å². The average molecular weight is 388 g/mol. The van der Waals surface area contributed by atoms with Gasteiger partial charge in [-0.05, 0) is 42.8 Å². The topological polar surface area (TPSA) is 75.4 Å². The highest BCUT2D eigenvalue weighted by Crippen LogP contribution is 2.24. The van der Waals surface area contributed by atoms with Gasteiger partial charge in [-0.15, -0.1) is 15.3 Å². The Labute approximate surface area is 165 Å². The van der Waals surface area contributed by atoms with E-state index in [9.17, 15) is 9.18 Å². The highest BCUT2D eigenvalue weighted by Gasteiger charge is 2.32. The molecule has 1 N–H and O–H groups in total. The second kappa shape index (κ2) is 6.97. The number of fused-ring (bicyclic) bond motifs is 1. The van der Waals surface area contributed by atoms with Crippen molar-refractivity contribution in [2.45, 2.75) is 12.5 Å². The summed E-state index contributed by atoms with van der Waals surface area (Å²) < 4.78 is 15.7. The third kappa shape index (κ3) is 3.08. The Hall–Kier alpha value is -3.81. The fourth-order valence-corrected chi connectivity index (χ4v) is 3.53. The second-order valence-corrected chi connectivity index (χ2v) is 6.80. The highest BCUT2D eigenvalue weighted by molar-refractivity contribution is 6.00. The summed E-state index contributed by atoms with van der Waals surface area (Å²) in [6, 6.07) is 19.0. The Morgan fingerprint density at radius 2 is 1.76 bits per heavy atom. The Kier molecular flexibility index (Phi) is 4.16. The molecule has 29 heavy (non-hydrogen) atoms. The maximum atomic E-state index is 14.2. The maximum Gasteiger partial charge on any atom is 0.249 e. The lowest BCUT2D eigenvalue weighted by Crippen LogP contribution is -2.33. The Bertz CT molecular complexity index is 1190. The SMILES string of the molecule is O=C1C(Nc2ccc3nnc(-c4ccccc4F)n3n2)CCN1c1ccccc1. The molecule has 0 bridgehead atoms. The normalized spacial score (nSPS) is 16.5. The molecule has 1 atom stereocenters. The number of para-hydroxylation sites is 1. The van der Waals surface area contributed by atoms with E-state index in [4.69, 9.17) is 0 Å². The summed E-state index contributed by atoms with van der Waals surface area (Å²) in [6.07, 6.45) is 0.662. The molecule has 1 unspecified atom stereocenters. The maximum absolute atomic E-state index is 14.2. The fourth-order valence-electron chi connectivity index (χ4n) is 3.53. The molecule has 1 fully saturated rings. The number of amides is 1. The molecule has 0 aliphatic carbocycles. The Morgan fingerprint density at radius 1 is 0.966 bits per heavy atom. The molecule has 2 aromatic carbocycles. The van der Waals surface area contributed by atoms with Gasteiger partial charge in [-0.3, -0.25) is 4.79 Å². The molecular formula is C21H17FN6O. The van der Waals surface area contributed by atoms with Crippen molar-refractivity contribution in [1.82, 2.24) is 19.8 Å². The molecule has 7 nitrogen and oxygen atoms in total. The summed E-state index contributed by atoms with van der Waals surface area (Å²) in [4.78, 5) is 14.6. The number of rotatable bonds is 4. The molecule has 4 aromatic rings. The van der Waals surface area contributed by atoms with E-state index in [2.05, 4.69) is 20.6 Å². The highest BCUT2D eigenvalue weighted by atomic mass is 19.1. The zero-order valence-corrected chi connectivity index (χ0v) is 15.4. The molecule has 2 aromatic heterocycles. The van der Waals surface area contributed by atoms with Gasteiger partial charge in [0.2, 0.25) is 5.91 Å².